The number of benzene rings is 1. The molecule has 0 amide bonds. The molecule has 0 spiro atoms. The second-order valence-corrected chi connectivity index (χ2v) is 15.3. The minimum Gasteiger partial charge on any atom is -0.298 e. The van der Waals surface area contributed by atoms with E-state index in [1.807, 2.05) is 0 Å². The van der Waals surface area contributed by atoms with Gasteiger partial charge in [0.25, 0.3) is 0 Å². The minimum atomic E-state index is -0.262. The van der Waals surface area contributed by atoms with Crippen molar-refractivity contribution in [2.45, 2.75) is 87.4 Å². The molecule has 0 N–H and O–H groups in total. The van der Waals surface area contributed by atoms with Gasteiger partial charge in [0.05, 0.1) is 0 Å². The predicted octanol–water partition coefficient (Wildman–Crippen LogP) is 6.54. The fourth-order valence-corrected chi connectivity index (χ4v) is 15.8. The number of carbonyl (C=O) groups excluding carboxylic acids is 1. The van der Waals surface area contributed by atoms with Crippen molar-refractivity contribution in [1.29, 1.82) is 0 Å². The molecule has 0 saturated heterocycles. The maximum atomic E-state index is 12.2. The van der Waals surface area contributed by atoms with Gasteiger partial charge in [-0.3, -0.25) is 4.79 Å². The zero-order chi connectivity index (χ0) is 19.2. The first-order valence-corrected chi connectivity index (χ1v) is 13.8. The summed E-state index contributed by atoms with van der Waals surface area (Å²) in [6.07, 6.45) is 19.4. The Balaban J connectivity index is 1.40. The zero-order valence-corrected chi connectivity index (χ0v) is 18.6. The highest BCUT2D eigenvalue weighted by Crippen LogP contribution is 2.78. The van der Waals surface area contributed by atoms with Crippen LogP contribution in [0.1, 0.15) is 87.4 Å². The van der Waals surface area contributed by atoms with E-state index < -0.39 is 0 Å². The van der Waals surface area contributed by atoms with Crippen molar-refractivity contribution in [2.75, 3.05) is 0 Å². The highest BCUT2D eigenvalue weighted by Gasteiger charge is 2.63. The normalized spacial score (nSPS) is 50.1. The van der Waals surface area contributed by atoms with Crippen molar-refractivity contribution < 1.29 is 4.79 Å². The van der Waals surface area contributed by atoms with Crippen LogP contribution in [-0.4, -0.2) is 16.6 Å². The van der Waals surface area contributed by atoms with Gasteiger partial charge in [-0.1, -0.05) is 32.2 Å². The predicted molar refractivity (Wildman–Crippen MR) is 120 cm³/mol. The van der Waals surface area contributed by atoms with Crippen LogP contribution in [-0.2, 0) is 0 Å². The Bertz CT molecular complexity index is 726. The number of hydrogen-bond donors (Lipinski definition) is 0. The first kappa shape index (κ1) is 17.9. The largest absolute Gasteiger partial charge is 0.298 e. The summed E-state index contributed by atoms with van der Waals surface area (Å²) in [6, 6.07) is 8.89. The second-order valence-electron chi connectivity index (χ2n) is 12.3. The van der Waals surface area contributed by atoms with Crippen molar-refractivity contribution in [2.24, 2.45) is 35.5 Å². The summed E-state index contributed by atoms with van der Waals surface area (Å²) in [7, 11) is -0.262. The van der Waals surface area contributed by atoms with E-state index in [2.05, 4.69) is 24.3 Å². The molecule has 9 rings (SSSR count). The monoisotopic (exact) mass is 406 g/mol. The number of aldehydes is 1. The SMILES string of the molecule is O=Cc1ccccc1P(C12CC3CC(CC(C3)C1)C2)C12CC3CC(CC(C3)C1)C2. The Labute approximate surface area is 177 Å². The van der Waals surface area contributed by atoms with E-state index in [0.29, 0.717) is 10.3 Å². The van der Waals surface area contributed by atoms with Gasteiger partial charge >= 0.3 is 0 Å². The Kier molecular flexibility index (Phi) is 3.83. The first-order chi connectivity index (χ1) is 14.1. The average Bonchev–Trinajstić information content (AvgIpc) is 2.66. The van der Waals surface area contributed by atoms with Crippen LogP contribution in [0.4, 0.5) is 0 Å². The van der Waals surface area contributed by atoms with Gasteiger partial charge in [0.1, 0.15) is 0 Å². The van der Waals surface area contributed by atoms with Crippen LogP contribution in [0.15, 0.2) is 24.3 Å². The van der Waals surface area contributed by atoms with E-state index in [4.69, 9.17) is 0 Å². The lowest BCUT2D eigenvalue weighted by Crippen LogP contribution is -2.58. The maximum absolute atomic E-state index is 12.2. The van der Waals surface area contributed by atoms with Gasteiger partial charge in [0.2, 0.25) is 0 Å². The summed E-state index contributed by atoms with van der Waals surface area (Å²) in [5.74, 6) is 6.02. The van der Waals surface area contributed by atoms with Crippen LogP contribution >= 0.6 is 7.92 Å². The van der Waals surface area contributed by atoms with Crippen molar-refractivity contribution >= 4 is 19.5 Å². The number of rotatable bonds is 4. The molecule has 0 atom stereocenters. The van der Waals surface area contributed by atoms with E-state index in [1.165, 1.54) is 88.6 Å². The molecule has 1 aromatic rings. The molecular formula is C27H35OP. The summed E-state index contributed by atoms with van der Waals surface area (Å²) >= 11 is 0. The molecule has 8 saturated carbocycles. The van der Waals surface area contributed by atoms with Gasteiger partial charge in [-0.15, -0.1) is 0 Å². The molecule has 0 radical (unpaired) electrons. The fourth-order valence-electron chi connectivity index (χ4n) is 10.5. The molecule has 0 aliphatic heterocycles. The van der Waals surface area contributed by atoms with Gasteiger partial charge in [-0.25, -0.2) is 0 Å². The molecule has 0 aromatic heterocycles. The molecule has 8 aliphatic carbocycles. The molecule has 0 unspecified atom stereocenters. The summed E-state index contributed by atoms with van der Waals surface area (Å²) in [5.41, 5.74) is 1.05. The van der Waals surface area contributed by atoms with Crippen LogP contribution < -0.4 is 5.30 Å². The first-order valence-electron chi connectivity index (χ1n) is 12.5. The molecular weight excluding hydrogens is 371 g/mol. The average molecular weight is 407 g/mol. The third kappa shape index (κ3) is 2.58. The Morgan fingerprint density at radius 3 is 1.41 bits per heavy atom. The fraction of sp³-hybridized carbons (Fsp3) is 0.741. The topological polar surface area (TPSA) is 17.1 Å². The molecule has 29 heavy (non-hydrogen) atoms. The minimum absolute atomic E-state index is 0.262. The molecule has 2 heteroatoms. The van der Waals surface area contributed by atoms with Crippen LogP contribution in [0.25, 0.3) is 0 Å². The molecule has 8 bridgehead atoms. The summed E-state index contributed by atoms with van der Waals surface area (Å²) in [4.78, 5) is 12.2. The summed E-state index contributed by atoms with van der Waals surface area (Å²) in [6.45, 7) is 0. The third-order valence-corrected chi connectivity index (χ3v) is 14.1. The zero-order valence-electron chi connectivity index (χ0n) is 17.7. The molecule has 1 nitrogen and oxygen atoms in total. The Morgan fingerprint density at radius 1 is 0.655 bits per heavy atom. The van der Waals surface area contributed by atoms with Crippen molar-refractivity contribution in [3.05, 3.63) is 29.8 Å². The van der Waals surface area contributed by atoms with Gasteiger partial charge in [-0.2, -0.15) is 0 Å². The van der Waals surface area contributed by atoms with Gasteiger partial charge < -0.3 is 0 Å². The lowest BCUT2D eigenvalue weighted by Gasteiger charge is -2.67. The molecule has 0 heterocycles. The van der Waals surface area contributed by atoms with Crippen LogP contribution in [0, 0.1) is 35.5 Å². The summed E-state index contributed by atoms with van der Waals surface area (Å²) in [5, 5.41) is 2.66. The standard InChI is InChI=1S/C27H35OP/c28-17-24-3-1-2-4-25(24)29(26-11-18-5-19(12-26)7-20(6-18)13-26)27-14-21-8-22(15-27)10-23(9-21)16-27/h1-4,17-23H,5-16H2. The van der Waals surface area contributed by atoms with Crippen LogP contribution in [0.2, 0.25) is 0 Å². The Hall–Kier alpha value is -0.680. The highest BCUT2D eigenvalue weighted by atomic mass is 31.1. The molecule has 8 fully saturated rings. The van der Waals surface area contributed by atoms with Crippen molar-refractivity contribution in [3.8, 4) is 0 Å². The summed E-state index contributed by atoms with van der Waals surface area (Å²) < 4.78 is 0. The molecule has 154 valence electrons. The lowest BCUT2D eigenvalue weighted by molar-refractivity contribution is 0.0195. The van der Waals surface area contributed by atoms with Gasteiger partial charge in [-0.05, 0) is 128 Å². The van der Waals surface area contributed by atoms with Crippen molar-refractivity contribution in [3.63, 3.8) is 0 Å². The van der Waals surface area contributed by atoms with E-state index in [0.717, 1.165) is 41.1 Å². The molecule has 8 aliphatic rings. The van der Waals surface area contributed by atoms with E-state index in [-0.39, 0.29) is 7.92 Å². The molecule has 1 aromatic carbocycles. The quantitative estimate of drug-likeness (QED) is 0.410. The van der Waals surface area contributed by atoms with E-state index >= 15 is 0 Å². The maximum Gasteiger partial charge on any atom is 0.150 e. The second kappa shape index (κ2) is 6.18. The number of hydrogen-bond acceptors (Lipinski definition) is 1. The van der Waals surface area contributed by atoms with Crippen LogP contribution in [0.3, 0.4) is 0 Å². The van der Waals surface area contributed by atoms with Crippen molar-refractivity contribution in [1.82, 2.24) is 0 Å². The van der Waals surface area contributed by atoms with Gasteiger partial charge in [0.15, 0.2) is 6.29 Å². The Morgan fingerprint density at radius 2 is 1.03 bits per heavy atom. The van der Waals surface area contributed by atoms with E-state index in [1.54, 1.807) is 0 Å². The van der Waals surface area contributed by atoms with Gasteiger partial charge in [0, 0.05) is 5.56 Å². The van der Waals surface area contributed by atoms with E-state index in [9.17, 15) is 4.79 Å². The highest BCUT2D eigenvalue weighted by molar-refractivity contribution is 7.69. The smallest absolute Gasteiger partial charge is 0.150 e. The lowest BCUT2D eigenvalue weighted by atomic mass is 9.55. The third-order valence-electron chi connectivity index (χ3n) is 10.3. The number of carbonyl (C=O) groups is 1. The van der Waals surface area contributed by atoms with Crippen LogP contribution in [0.5, 0.6) is 0 Å².